The molecule has 1 aliphatic rings. The number of carbonyl (C=O) groups is 2. The van der Waals surface area contributed by atoms with Gasteiger partial charge in [-0.1, -0.05) is 0 Å². The SMILES string of the molecule is O=C(c1ccc(-c2ccco2)[nH]c1=O)N1CCC(F)(C(=O)O)C1. The zero-order valence-corrected chi connectivity index (χ0v) is 11.9. The number of H-pyrrole nitrogens is 1. The van der Waals surface area contributed by atoms with E-state index in [1.807, 2.05) is 0 Å². The van der Waals surface area contributed by atoms with Crippen LogP contribution < -0.4 is 5.56 Å². The first-order valence-electron chi connectivity index (χ1n) is 6.89. The smallest absolute Gasteiger partial charge is 0.343 e. The van der Waals surface area contributed by atoms with E-state index in [2.05, 4.69) is 4.98 Å². The van der Waals surface area contributed by atoms with Crippen LogP contribution in [0.3, 0.4) is 0 Å². The van der Waals surface area contributed by atoms with E-state index in [1.54, 1.807) is 12.1 Å². The number of nitrogens with zero attached hydrogens (tertiary/aromatic N) is 1. The summed E-state index contributed by atoms with van der Waals surface area (Å²) < 4.78 is 19.2. The molecule has 1 aliphatic heterocycles. The third-order valence-corrected chi connectivity index (χ3v) is 3.82. The van der Waals surface area contributed by atoms with Gasteiger partial charge in [-0.15, -0.1) is 0 Å². The van der Waals surface area contributed by atoms with Gasteiger partial charge in [0.2, 0.25) is 5.67 Å². The summed E-state index contributed by atoms with van der Waals surface area (Å²) in [4.78, 5) is 38.8. The summed E-state index contributed by atoms with van der Waals surface area (Å²) in [6.45, 7) is -0.623. The molecule has 1 fully saturated rings. The van der Waals surface area contributed by atoms with E-state index in [0.29, 0.717) is 11.5 Å². The summed E-state index contributed by atoms with van der Waals surface area (Å²) in [5.74, 6) is -1.86. The van der Waals surface area contributed by atoms with Crippen molar-refractivity contribution in [3.63, 3.8) is 0 Å². The Kier molecular flexibility index (Phi) is 3.51. The zero-order valence-electron chi connectivity index (χ0n) is 11.9. The first-order chi connectivity index (χ1) is 10.9. The molecule has 0 bridgehead atoms. The highest BCUT2D eigenvalue weighted by molar-refractivity contribution is 5.95. The minimum atomic E-state index is -2.46. The van der Waals surface area contributed by atoms with Crippen molar-refractivity contribution >= 4 is 11.9 Å². The Hall–Kier alpha value is -2.90. The number of amides is 1. The van der Waals surface area contributed by atoms with Crippen molar-refractivity contribution in [2.75, 3.05) is 13.1 Å². The first-order valence-corrected chi connectivity index (χ1v) is 6.89. The fourth-order valence-corrected chi connectivity index (χ4v) is 2.51. The molecule has 7 nitrogen and oxygen atoms in total. The van der Waals surface area contributed by atoms with Crippen LogP contribution in [-0.4, -0.2) is 45.6 Å². The molecule has 2 N–H and O–H groups in total. The maximum absolute atomic E-state index is 14.0. The van der Waals surface area contributed by atoms with Crippen molar-refractivity contribution in [3.8, 4) is 11.5 Å². The van der Waals surface area contributed by atoms with Crippen LogP contribution in [-0.2, 0) is 4.79 Å². The third-order valence-electron chi connectivity index (χ3n) is 3.82. The van der Waals surface area contributed by atoms with Crippen LogP contribution in [0.25, 0.3) is 11.5 Å². The van der Waals surface area contributed by atoms with E-state index in [0.717, 1.165) is 4.90 Å². The second kappa shape index (κ2) is 5.38. The normalized spacial score (nSPS) is 20.7. The van der Waals surface area contributed by atoms with Crippen LogP contribution in [0.5, 0.6) is 0 Å². The molecule has 1 amide bonds. The second-order valence-electron chi connectivity index (χ2n) is 5.34. The van der Waals surface area contributed by atoms with E-state index in [9.17, 15) is 18.8 Å². The number of rotatable bonds is 3. The Morgan fingerprint density at radius 1 is 1.35 bits per heavy atom. The number of aliphatic carboxylic acids is 1. The number of aromatic nitrogens is 1. The number of carboxylic acids is 1. The summed E-state index contributed by atoms with van der Waals surface area (Å²) >= 11 is 0. The minimum absolute atomic E-state index is 0.0546. The molecule has 23 heavy (non-hydrogen) atoms. The van der Waals surface area contributed by atoms with E-state index >= 15 is 0 Å². The van der Waals surface area contributed by atoms with Crippen molar-refractivity contribution in [2.45, 2.75) is 12.1 Å². The van der Waals surface area contributed by atoms with Crippen LogP contribution >= 0.6 is 0 Å². The van der Waals surface area contributed by atoms with Crippen molar-refractivity contribution < 1.29 is 23.5 Å². The van der Waals surface area contributed by atoms with Crippen LogP contribution in [0.1, 0.15) is 16.8 Å². The molecule has 3 rings (SSSR count). The van der Waals surface area contributed by atoms with E-state index in [4.69, 9.17) is 9.52 Å². The topological polar surface area (TPSA) is 104 Å². The fourth-order valence-electron chi connectivity index (χ4n) is 2.51. The van der Waals surface area contributed by atoms with Gasteiger partial charge in [0.15, 0.2) is 0 Å². The number of hydrogen-bond acceptors (Lipinski definition) is 4. The Labute approximate surface area is 129 Å². The number of alkyl halides is 1. The molecular weight excluding hydrogens is 307 g/mol. The molecule has 1 saturated heterocycles. The van der Waals surface area contributed by atoms with Crippen LogP contribution in [0, 0.1) is 0 Å². The Morgan fingerprint density at radius 3 is 2.70 bits per heavy atom. The highest BCUT2D eigenvalue weighted by Gasteiger charge is 2.47. The number of likely N-dealkylation sites (tertiary alicyclic amines) is 1. The average Bonchev–Trinajstić information content (AvgIpc) is 3.16. The fraction of sp³-hybridized carbons (Fsp3) is 0.267. The predicted molar refractivity (Wildman–Crippen MR) is 76.8 cm³/mol. The lowest BCUT2D eigenvalue weighted by molar-refractivity contribution is -0.149. The number of hydrogen-bond donors (Lipinski definition) is 2. The molecule has 0 aliphatic carbocycles. The van der Waals surface area contributed by atoms with Gasteiger partial charge in [-0.3, -0.25) is 9.59 Å². The number of carbonyl (C=O) groups excluding carboxylic acids is 1. The van der Waals surface area contributed by atoms with E-state index in [-0.39, 0.29) is 18.5 Å². The van der Waals surface area contributed by atoms with Crippen LogP contribution in [0.2, 0.25) is 0 Å². The quantitative estimate of drug-likeness (QED) is 0.886. The third kappa shape index (κ3) is 2.63. The standard InChI is InChI=1S/C15H13FN2O5/c16-15(14(21)22)5-6-18(8-15)13(20)9-3-4-10(17-12(9)19)11-2-1-7-23-11/h1-4,7H,5-6,8H2,(H,17,19)(H,21,22). The lowest BCUT2D eigenvalue weighted by Crippen LogP contribution is -2.40. The zero-order chi connectivity index (χ0) is 16.6. The summed E-state index contributed by atoms with van der Waals surface area (Å²) in [5.41, 5.74) is -2.87. The second-order valence-corrected chi connectivity index (χ2v) is 5.34. The van der Waals surface area contributed by atoms with Crippen molar-refractivity contribution in [3.05, 3.63) is 46.4 Å². The number of halogens is 1. The van der Waals surface area contributed by atoms with Gasteiger partial charge in [0.25, 0.3) is 11.5 Å². The number of carboxylic acid groups (broad SMARTS) is 1. The molecule has 0 spiro atoms. The average molecular weight is 320 g/mol. The lowest BCUT2D eigenvalue weighted by Gasteiger charge is -2.17. The van der Waals surface area contributed by atoms with Gasteiger partial charge in [0.1, 0.15) is 11.3 Å². The molecule has 0 saturated carbocycles. The highest BCUT2D eigenvalue weighted by Crippen LogP contribution is 2.27. The maximum atomic E-state index is 14.0. The summed E-state index contributed by atoms with van der Waals surface area (Å²) in [5, 5.41) is 8.85. The van der Waals surface area contributed by atoms with Gasteiger partial charge < -0.3 is 19.4 Å². The molecule has 1 atom stereocenters. The monoisotopic (exact) mass is 320 g/mol. The predicted octanol–water partition coefficient (Wildman–Crippen LogP) is 1.27. The molecule has 3 heterocycles. The van der Waals surface area contributed by atoms with Gasteiger partial charge in [-0.25, -0.2) is 9.18 Å². The number of aromatic amines is 1. The van der Waals surface area contributed by atoms with Gasteiger partial charge >= 0.3 is 5.97 Å². The first kappa shape index (κ1) is 15.0. The van der Waals surface area contributed by atoms with Crippen LogP contribution in [0.4, 0.5) is 4.39 Å². The molecule has 2 aromatic heterocycles. The van der Waals surface area contributed by atoms with Crippen molar-refractivity contribution in [1.29, 1.82) is 0 Å². The Bertz CT molecular complexity index is 814. The Balaban J connectivity index is 1.84. The van der Waals surface area contributed by atoms with Crippen molar-refractivity contribution in [2.24, 2.45) is 0 Å². The van der Waals surface area contributed by atoms with E-state index < -0.39 is 29.6 Å². The Morgan fingerprint density at radius 2 is 2.13 bits per heavy atom. The number of furan rings is 1. The summed E-state index contributed by atoms with van der Waals surface area (Å²) in [7, 11) is 0. The number of pyridine rings is 1. The van der Waals surface area contributed by atoms with Gasteiger partial charge in [-0.05, 0) is 24.3 Å². The van der Waals surface area contributed by atoms with Gasteiger partial charge in [0, 0.05) is 13.0 Å². The molecule has 120 valence electrons. The summed E-state index contributed by atoms with van der Waals surface area (Å²) in [6.07, 6.45) is 1.15. The molecule has 0 aromatic carbocycles. The molecule has 8 heteroatoms. The van der Waals surface area contributed by atoms with Gasteiger partial charge in [0.05, 0.1) is 18.5 Å². The lowest BCUT2D eigenvalue weighted by atomic mass is 10.1. The largest absolute Gasteiger partial charge is 0.479 e. The van der Waals surface area contributed by atoms with E-state index in [1.165, 1.54) is 18.4 Å². The molecule has 1 unspecified atom stereocenters. The maximum Gasteiger partial charge on any atom is 0.343 e. The molecule has 2 aromatic rings. The number of nitrogens with one attached hydrogen (secondary N) is 1. The van der Waals surface area contributed by atoms with Crippen LogP contribution in [0.15, 0.2) is 39.7 Å². The highest BCUT2D eigenvalue weighted by atomic mass is 19.1. The molecular formula is C15H13FN2O5. The van der Waals surface area contributed by atoms with Gasteiger partial charge in [-0.2, -0.15) is 0 Å². The molecule has 0 radical (unpaired) electrons. The van der Waals surface area contributed by atoms with Crippen molar-refractivity contribution in [1.82, 2.24) is 9.88 Å². The summed E-state index contributed by atoms with van der Waals surface area (Å²) in [6, 6.07) is 6.13. The minimum Gasteiger partial charge on any atom is -0.479 e.